The highest BCUT2D eigenvalue weighted by Crippen LogP contribution is 2.32. The third-order valence-corrected chi connectivity index (χ3v) is 4.26. The van der Waals surface area contributed by atoms with Gasteiger partial charge in [-0.1, -0.05) is 25.9 Å². The molecule has 0 spiro atoms. The average Bonchev–Trinajstić information content (AvgIpc) is 2.87. The Morgan fingerprint density at radius 2 is 1.88 bits per heavy atom. The average molecular weight is 353 g/mol. The van der Waals surface area contributed by atoms with Crippen molar-refractivity contribution in [3.63, 3.8) is 0 Å². The molecule has 142 valence electrons. The van der Waals surface area contributed by atoms with E-state index in [0.717, 1.165) is 0 Å². The molecule has 0 unspecified atom stereocenters. The number of aliphatic hydroxyl groups is 1. The number of ether oxygens (including phenoxy) is 1. The SMILES string of the molecule is CC(C)(C)OC(=O)NC1CCC(O)(Cc2nc(C(C)(C)C)no2)CC1. The maximum atomic E-state index is 11.8. The maximum absolute atomic E-state index is 11.8. The monoisotopic (exact) mass is 353 g/mol. The summed E-state index contributed by atoms with van der Waals surface area (Å²) in [4.78, 5) is 16.2. The summed E-state index contributed by atoms with van der Waals surface area (Å²) in [5.74, 6) is 1.11. The molecule has 2 rings (SSSR count). The summed E-state index contributed by atoms with van der Waals surface area (Å²) in [7, 11) is 0. The molecule has 2 N–H and O–H groups in total. The number of amides is 1. The van der Waals surface area contributed by atoms with Crippen LogP contribution in [0.4, 0.5) is 4.79 Å². The molecule has 0 saturated heterocycles. The Kier molecular flexibility index (Phi) is 5.47. The van der Waals surface area contributed by atoms with Gasteiger partial charge in [-0.3, -0.25) is 0 Å². The fraction of sp³-hybridized carbons (Fsp3) is 0.833. The van der Waals surface area contributed by atoms with Crippen LogP contribution in [0.15, 0.2) is 4.52 Å². The van der Waals surface area contributed by atoms with E-state index >= 15 is 0 Å². The third-order valence-electron chi connectivity index (χ3n) is 4.26. The van der Waals surface area contributed by atoms with Gasteiger partial charge in [-0.25, -0.2) is 4.79 Å². The first-order valence-corrected chi connectivity index (χ1v) is 8.91. The molecule has 7 heteroatoms. The lowest BCUT2D eigenvalue weighted by molar-refractivity contribution is -0.0113. The summed E-state index contributed by atoms with van der Waals surface area (Å²) in [5, 5.41) is 17.7. The van der Waals surface area contributed by atoms with Crippen molar-refractivity contribution in [1.29, 1.82) is 0 Å². The van der Waals surface area contributed by atoms with Gasteiger partial charge in [0.05, 0.1) is 12.0 Å². The van der Waals surface area contributed by atoms with E-state index in [2.05, 4.69) is 15.5 Å². The molecule has 7 nitrogen and oxygen atoms in total. The first kappa shape index (κ1) is 19.7. The van der Waals surface area contributed by atoms with Gasteiger partial charge in [0.15, 0.2) is 5.82 Å². The van der Waals surface area contributed by atoms with Crippen LogP contribution in [-0.4, -0.2) is 38.6 Å². The van der Waals surface area contributed by atoms with E-state index in [9.17, 15) is 9.90 Å². The third kappa shape index (κ3) is 5.99. The molecule has 0 bridgehead atoms. The molecule has 1 heterocycles. The molecule has 1 aromatic rings. The van der Waals surface area contributed by atoms with E-state index < -0.39 is 17.3 Å². The molecular weight excluding hydrogens is 322 g/mol. The van der Waals surface area contributed by atoms with Crippen molar-refractivity contribution >= 4 is 6.09 Å². The van der Waals surface area contributed by atoms with Gasteiger partial charge >= 0.3 is 6.09 Å². The second-order valence-electron chi connectivity index (χ2n) is 9.08. The Balaban J connectivity index is 1.86. The van der Waals surface area contributed by atoms with Gasteiger partial charge in [0.25, 0.3) is 0 Å². The van der Waals surface area contributed by atoms with E-state index in [1.807, 2.05) is 41.5 Å². The van der Waals surface area contributed by atoms with Crippen molar-refractivity contribution in [2.45, 2.75) is 96.3 Å². The number of nitrogens with one attached hydrogen (secondary N) is 1. The zero-order valence-corrected chi connectivity index (χ0v) is 16.2. The molecule has 1 fully saturated rings. The van der Waals surface area contributed by atoms with Gasteiger partial charge in [-0.05, 0) is 46.5 Å². The molecule has 25 heavy (non-hydrogen) atoms. The zero-order chi connectivity index (χ0) is 18.9. The fourth-order valence-electron chi connectivity index (χ4n) is 2.86. The molecule has 0 aromatic carbocycles. The maximum Gasteiger partial charge on any atom is 0.407 e. The van der Waals surface area contributed by atoms with Gasteiger partial charge in [-0.15, -0.1) is 0 Å². The van der Waals surface area contributed by atoms with Gasteiger partial charge in [-0.2, -0.15) is 4.98 Å². The number of carbonyl (C=O) groups is 1. The van der Waals surface area contributed by atoms with Crippen LogP contribution in [0.3, 0.4) is 0 Å². The summed E-state index contributed by atoms with van der Waals surface area (Å²) in [6.07, 6.45) is 2.46. The minimum atomic E-state index is -0.867. The van der Waals surface area contributed by atoms with E-state index in [0.29, 0.717) is 43.8 Å². The number of hydrogen-bond acceptors (Lipinski definition) is 6. The van der Waals surface area contributed by atoms with Crippen LogP contribution in [0.1, 0.15) is 78.9 Å². The van der Waals surface area contributed by atoms with Crippen LogP contribution >= 0.6 is 0 Å². The van der Waals surface area contributed by atoms with Gasteiger partial charge in [0.1, 0.15) is 5.60 Å². The molecule has 0 radical (unpaired) electrons. The standard InChI is InChI=1S/C18H31N3O4/c1-16(2,3)14-20-13(25-21-14)11-18(23)9-7-12(8-10-18)19-15(22)24-17(4,5)6/h12,23H,7-11H2,1-6H3,(H,19,22). The predicted octanol–water partition coefficient (Wildman–Crippen LogP) is 3.11. The number of rotatable bonds is 3. The Labute approximate surface area is 149 Å². The molecule has 1 aromatic heterocycles. The molecule has 1 aliphatic rings. The van der Waals surface area contributed by atoms with Crippen LogP contribution < -0.4 is 5.32 Å². The van der Waals surface area contributed by atoms with Crippen LogP contribution in [0.25, 0.3) is 0 Å². The number of nitrogens with zero attached hydrogens (tertiary/aromatic N) is 2. The van der Waals surface area contributed by atoms with Crippen molar-refractivity contribution in [2.24, 2.45) is 0 Å². The zero-order valence-electron chi connectivity index (χ0n) is 16.2. The van der Waals surface area contributed by atoms with E-state index in [4.69, 9.17) is 9.26 Å². The van der Waals surface area contributed by atoms with Crippen molar-refractivity contribution in [3.8, 4) is 0 Å². The van der Waals surface area contributed by atoms with Crippen LogP contribution in [-0.2, 0) is 16.6 Å². The Bertz CT molecular complexity index is 590. The highest BCUT2D eigenvalue weighted by Gasteiger charge is 2.36. The minimum Gasteiger partial charge on any atom is -0.444 e. The Hall–Kier alpha value is -1.63. The lowest BCUT2D eigenvalue weighted by Crippen LogP contribution is -2.45. The van der Waals surface area contributed by atoms with Crippen LogP contribution in [0.5, 0.6) is 0 Å². The minimum absolute atomic E-state index is 0.0166. The number of hydrogen-bond donors (Lipinski definition) is 2. The molecule has 1 aliphatic carbocycles. The second kappa shape index (κ2) is 6.94. The van der Waals surface area contributed by atoms with Gasteiger partial charge in [0, 0.05) is 11.5 Å². The Morgan fingerprint density at radius 3 is 2.36 bits per heavy atom. The van der Waals surface area contributed by atoms with Gasteiger partial charge < -0.3 is 19.7 Å². The molecule has 0 aliphatic heterocycles. The first-order chi connectivity index (χ1) is 11.4. The van der Waals surface area contributed by atoms with Gasteiger partial charge in [0.2, 0.25) is 5.89 Å². The lowest BCUT2D eigenvalue weighted by atomic mass is 9.80. The predicted molar refractivity (Wildman–Crippen MR) is 93.3 cm³/mol. The molecule has 0 atom stereocenters. The van der Waals surface area contributed by atoms with Crippen LogP contribution in [0, 0.1) is 0 Å². The summed E-state index contributed by atoms with van der Waals surface area (Å²) in [6.45, 7) is 11.6. The summed E-state index contributed by atoms with van der Waals surface area (Å²) >= 11 is 0. The quantitative estimate of drug-likeness (QED) is 0.866. The molecule has 1 amide bonds. The van der Waals surface area contributed by atoms with E-state index in [1.54, 1.807) is 0 Å². The van der Waals surface area contributed by atoms with Crippen molar-refractivity contribution in [1.82, 2.24) is 15.5 Å². The highest BCUT2D eigenvalue weighted by atomic mass is 16.6. The summed E-state index contributed by atoms with van der Waals surface area (Å²) in [5.41, 5.74) is -1.56. The normalized spacial score (nSPS) is 24.8. The van der Waals surface area contributed by atoms with Crippen molar-refractivity contribution in [3.05, 3.63) is 11.7 Å². The number of carbonyl (C=O) groups excluding carboxylic acids is 1. The Morgan fingerprint density at radius 1 is 1.28 bits per heavy atom. The van der Waals surface area contributed by atoms with Crippen molar-refractivity contribution in [2.75, 3.05) is 0 Å². The smallest absolute Gasteiger partial charge is 0.407 e. The number of alkyl carbamates (subject to hydrolysis) is 1. The highest BCUT2D eigenvalue weighted by molar-refractivity contribution is 5.68. The summed E-state index contributed by atoms with van der Waals surface area (Å²) < 4.78 is 10.6. The lowest BCUT2D eigenvalue weighted by Gasteiger charge is -2.35. The topological polar surface area (TPSA) is 97.5 Å². The van der Waals surface area contributed by atoms with E-state index in [-0.39, 0.29) is 11.5 Å². The fourth-order valence-corrected chi connectivity index (χ4v) is 2.86. The molecular formula is C18H31N3O4. The first-order valence-electron chi connectivity index (χ1n) is 8.91. The van der Waals surface area contributed by atoms with E-state index in [1.165, 1.54) is 0 Å². The molecule has 1 saturated carbocycles. The second-order valence-corrected chi connectivity index (χ2v) is 9.08. The largest absolute Gasteiger partial charge is 0.444 e. The van der Waals surface area contributed by atoms with Crippen molar-refractivity contribution < 1.29 is 19.2 Å². The van der Waals surface area contributed by atoms with Crippen LogP contribution in [0.2, 0.25) is 0 Å². The summed E-state index contributed by atoms with van der Waals surface area (Å²) in [6, 6.07) is 0.0166. The number of aromatic nitrogens is 2.